The van der Waals surface area contributed by atoms with Gasteiger partial charge in [0, 0.05) is 12.0 Å². The molecule has 2 aromatic rings. The summed E-state index contributed by atoms with van der Waals surface area (Å²) in [5.41, 5.74) is 5.52. The third-order valence-corrected chi connectivity index (χ3v) is 4.15. The van der Waals surface area contributed by atoms with Crippen LogP contribution in [0.1, 0.15) is 47.6 Å². The van der Waals surface area contributed by atoms with E-state index >= 15 is 0 Å². The molecule has 0 fully saturated rings. The number of hydrogen-bond acceptors (Lipinski definition) is 1. The van der Waals surface area contributed by atoms with Crippen LogP contribution in [0.2, 0.25) is 0 Å². The van der Waals surface area contributed by atoms with Gasteiger partial charge in [-0.15, -0.1) is 0 Å². The number of benzene rings is 2. The Labute approximate surface area is 123 Å². The molecule has 2 rings (SSSR count). The van der Waals surface area contributed by atoms with Crippen LogP contribution in [0.15, 0.2) is 48.5 Å². The summed E-state index contributed by atoms with van der Waals surface area (Å²) in [5.74, 6) is 0.502. The van der Waals surface area contributed by atoms with Crippen molar-refractivity contribution < 1.29 is 0 Å². The Kier molecular flexibility index (Phi) is 4.97. The lowest BCUT2D eigenvalue weighted by atomic mass is 9.83. The average Bonchev–Trinajstić information content (AvgIpc) is 2.48. The molecule has 0 radical (unpaired) electrons. The van der Waals surface area contributed by atoms with Crippen molar-refractivity contribution in [3.63, 3.8) is 0 Å². The van der Waals surface area contributed by atoms with Crippen molar-refractivity contribution in [1.29, 1.82) is 0 Å². The third kappa shape index (κ3) is 3.10. The largest absolute Gasteiger partial charge is 0.312 e. The van der Waals surface area contributed by atoms with Crippen LogP contribution in [0, 0.1) is 13.8 Å². The molecule has 0 aliphatic carbocycles. The lowest BCUT2D eigenvalue weighted by Crippen LogP contribution is -2.24. The molecule has 0 bridgehead atoms. The van der Waals surface area contributed by atoms with E-state index in [2.05, 4.69) is 81.7 Å². The van der Waals surface area contributed by atoms with E-state index in [0.29, 0.717) is 12.0 Å². The lowest BCUT2D eigenvalue weighted by Gasteiger charge is -2.28. The van der Waals surface area contributed by atoms with Gasteiger partial charge in [0.2, 0.25) is 0 Å². The zero-order valence-electron chi connectivity index (χ0n) is 13.0. The summed E-state index contributed by atoms with van der Waals surface area (Å²) in [5, 5.41) is 3.54. The number of likely N-dealkylation sites (N-methyl/N-ethyl adjacent to an activating group) is 1. The van der Waals surface area contributed by atoms with Crippen molar-refractivity contribution in [2.24, 2.45) is 0 Å². The first-order valence-corrected chi connectivity index (χ1v) is 7.46. The molecule has 20 heavy (non-hydrogen) atoms. The highest BCUT2D eigenvalue weighted by Gasteiger charge is 2.23. The Bertz CT molecular complexity index is 545. The standard InChI is InChI=1S/C19H25N/c1-5-17(16-9-7-6-8-10-16)19(20-4)18-13-14(2)11-12-15(18)3/h6-13,17,19-20H,5H2,1-4H3. The third-order valence-electron chi connectivity index (χ3n) is 4.15. The zero-order chi connectivity index (χ0) is 14.5. The Balaban J connectivity index is 2.42. The first-order chi connectivity index (χ1) is 9.67. The summed E-state index contributed by atoms with van der Waals surface area (Å²) in [6, 6.07) is 17.9. The van der Waals surface area contributed by atoms with Crippen molar-refractivity contribution >= 4 is 0 Å². The molecule has 1 N–H and O–H groups in total. The van der Waals surface area contributed by atoms with Gasteiger partial charge in [-0.05, 0) is 44.0 Å². The summed E-state index contributed by atoms with van der Waals surface area (Å²) in [6.45, 7) is 6.64. The highest BCUT2D eigenvalue weighted by atomic mass is 14.9. The minimum atomic E-state index is 0.363. The van der Waals surface area contributed by atoms with E-state index in [4.69, 9.17) is 0 Å². The number of aryl methyl sites for hydroxylation is 2. The van der Waals surface area contributed by atoms with Gasteiger partial charge >= 0.3 is 0 Å². The van der Waals surface area contributed by atoms with Crippen molar-refractivity contribution in [2.75, 3.05) is 7.05 Å². The maximum absolute atomic E-state index is 3.54. The normalized spacial score (nSPS) is 14.0. The van der Waals surface area contributed by atoms with Gasteiger partial charge in [0.05, 0.1) is 0 Å². The first kappa shape index (κ1) is 14.8. The van der Waals surface area contributed by atoms with Crippen LogP contribution < -0.4 is 5.32 Å². The highest BCUT2D eigenvalue weighted by molar-refractivity contribution is 5.36. The molecule has 1 heteroatoms. The van der Waals surface area contributed by atoms with Crippen molar-refractivity contribution in [3.8, 4) is 0 Å². The van der Waals surface area contributed by atoms with E-state index in [0.717, 1.165) is 6.42 Å². The topological polar surface area (TPSA) is 12.0 Å². The van der Waals surface area contributed by atoms with Crippen LogP contribution in [0.5, 0.6) is 0 Å². The van der Waals surface area contributed by atoms with Gasteiger partial charge < -0.3 is 5.32 Å². The summed E-state index contributed by atoms with van der Waals surface area (Å²) in [7, 11) is 2.07. The molecule has 0 saturated heterocycles. The number of rotatable bonds is 5. The Morgan fingerprint density at radius 1 is 1.00 bits per heavy atom. The zero-order valence-corrected chi connectivity index (χ0v) is 13.0. The fraction of sp³-hybridized carbons (Fsp3) is 0.368. The summed E-state index contributed by atoms with van der Waals surface area (Å²) in [4.78, 5) is 0. The quantitative estimate of drug-likeness (QED) is 0.823. The molecule has 0 heterocycles. The smallest absolute Gasteiger partial charge is 0.0389 e. The van der Waals surface area contributed by atoms with Crippen LogP contribution in [0.4, 0.5) is 0 Å². The predicted molar refractivity (Wildman–Crippen MR) is 87.2 cm³/mol. The van der Waals surface area contributed by atoms with E-state index in [1.807, 2.05) is 0 Å². The van der Waals surface area contributed by atoms with Gasteiger partial charge in [0.15, 0.2) is 0 Å². The van der Waals surface area contributed by atoms with E-state index in [9.17, 15) is 0 Å². The highest BCUT2D eigenvalue weighted by Crippen LogP contribution is 2.35. The fourth-order valence-corrected chi connectivity index (χ4v) is 3.03. The fourth-order valence-electron chi connectivity index (χ4n) is 3.03. The molecule has 2 unspecified atom stereocenters. The van der Waals surface area contributed by atoms with Crippen LogP contribution >= 0.6 is 0 Å². The molecule has 106 valence electrons. The molecule has 2 atom stereocenters. The predicted octanol–water partition coefficient (Wildman–Crippen LogP) is 4.76. The minimum Gasteiger partial charge on any atom is -0.312 e. The maximum atomic E-state index is 3.54. The summed E-state index contributed by atoms with van der Waals surface area (Å²) >= 11 is 0. The molecular weight excluding hydrogens is 242 g/mol. The van der Waals surface area contributed by atoms with Gasteiger partial charge in [-0.25, -0.2) is 0 Å². The SMILES string of the molecule is CCC(c1ccccc1)C(NC)c1cc(C)ccc1C. The second-order valence-corrected chi connectivity index (χ2v) is 5.55. The second kappa shape index (κ2) is 6.71. The molecule has 0 saturated carbocycles. The number of nitrogens with one attached hydrogen (secondary N) is 1. The Morgan fingerprint density at radius 2 is 1.70 bits per heavy atom. The molecule has 1 nitrogen and oxygen atoms in total. The first-order valence-electron chi connectivity index (χ1n) is 7.46. The Morgan fingerprint density at radius 3 is 2.30 bits per heavy atom. The minimum absolute atomic E-state index is 0.363. The van der Waals surface area contributed by atoms with Gasteiger partial charge in [0.25, 0.3) is 0 Å². The molecule has 0 spiro atoms. The van der Waals surface area contributed by atoms with E-state index in [1.54, 1.807) is 0 Å². The van der Waals surface area contributed by atoms with Crippen LogP contribution in [0.3, 0.4) is 0 Å². The van der Waals surface area contributed by atoms with Gasteiger partial charge in [-0.2, -0.15) is 0 Å². The summed E-state index contributed by atoms with van der Waals surface area (Å²) in [6.07, 6.45) is 1.13. The maximum Gasteiger partial charge on any atom is 0.0389 e. The summed E-state index contributed by atoms with van der Waals surface area (Å²) < 4.78 is 0. The molecule has 0 aromatic heterocycles. The molecule has 2 aromatic carbocycles. The molecule has 0 aliphatic rings. The van der Waals surface area contributed by atoms with E-state index < -0.39 is 0 Å². The molecule has 0 amide bonds. The van der Waals surface area contributed by atoms with Gasteiger partial charge in [-0.3, -0.25) is 0 Å². The second-order valence-electron chi connectivity index (χ2n) is 5.55. The lowest BCUT2D eigenvalue weighted by molar-refractivity contribution is 0.466. The van der Waals surface area contributed by atoms with Gasteiger partial charge in [-0.1, -0.05) is 61.0 Å². The monoisotopic (exact) mass is 267 g/mol. The van der Waals surface area contributed by atoms with Crippen molar-refractivity contribution in [3.05, 3.63) is 70.8 Å². The van der Waals surface area contributed by atoms with E-state index in [-0.39, 0.29) is 0 Å². The molecule has 0 aliphatic heterocycles. The number of hydrogen-bond donors (Lipinski definition) is 1. The van der Waals surface area contributed by atoms with Crippen LogP contribution in [-0.4, -0.2) is 7.05 Å². The Hall–Kier alpha value is -1.60. The van der Waals surface area contributed by atoms with Crippen molar-refractivity contribution in [1.82, 2.24) is 5.32 Å². The van der Waals surface area contributed by atoms with Crippen LogP contribution in [0.25, 0.3) is 0 Å². The van der Waals surface area contributed by atoms with Gasteiger partial charge in [0.1, 0.15) is 0 Å². The average molecular weight is 267 g/mol. The van der Waals surface area contributed by atoms with Crippen molar-refractivity contribution in [2.45, 2.75) is 39.2 Å². The van der Waals surface area contributed by atoms with E-state index in [1.165, 1.54) is 22.3 Å². The van der Waals surface area contributed by atoms with Crippen LogP contribution in [-0.2, 0) is 0 Å². The molecular formula is C19H25N.